The molecule has 5 rings (SSSR count). The number of rotatable bonds is 1. The first kappa shape index (κ1) is 22.9. The first-order valence-electron chi connectivity index (χ1n) is 13.5. The molecule has 4 fully saturated rings. The van der Waals surface area contributed by atoms with Crippen molar-refractivity contribution in [1.29, 1.82) is 0 Å². The van der Waals surface area contributed by atoms with Crippen LogP contribution in [-0.2, 0) is 4.79 Å². The molecule has 0 radical (unpaired) electrons. The summed E-state index contributed by atoms with van der Waals surface area (Å²) in [5, 5.41) is 21.1. The molecular weight excluding hydrogens is 396 g/mol. The minimum atomic E-state index is -0.551. The summed E-state index contributed by atoms with van der Waals surface area (Å²) in [5.74, 6) is 2.31. The molecule has 3 heteroatoms. The lowest BCUT2D eigenvalue weighted by atomic mass is 9.34. The number of allylic oxidation sites excluding steroid dienone is 2. The molecule has 11 atom stereocenters. The Labute approximate surface area is 195 Å². The molecule has 0 aromatic carbocycles. The number of aliphatic carboxylic acids is 1. The van der Waals surface area contributed by atoms with Crippen LogP contribution in [0.3, 0.4) is 0 Å². The number of carboxylic acids is 1. The summed E-state index contributed by atoms with van der Waals surface area (Å²) in [5.41, 5.74) is 1.57. The Morgan fingerprint density at radius 3 is 2.34 bits per heavy atom. The van der Waals surface area contributed by atoms with E-state index in [1.54, 1.807) is 0 Å². The van der Waals surface area contributed by atoms with Gasteiger partial charge < -0.3 is 10.2 Å². The van der Waals surface area contributed by atoms with Gasteiger partial charge in [0, 0.05) is 0 Å². The van der Waals surface area contributed by atoms with Gasteiger partial charge in [-0.1, -0.05) is 53.2 Å². The molecule has 0 aromatic rings. The summed E-state index contributed by atoms with van der Waals surface area (Å²) in [6, 6.07) is 0. The predicted octanol–water partition coefficient (Wildman–Crippen LogP) is 6.70. The summed E-state index contributed by atoms with van der Waals surface area (Å²) in [7, 11) is 0. The largest absolute Gasteiger partial charge is 0.481 e. The highest BCUT2D eigenvalue weighted by molar-refractivity contribution is 5.76. The van der Waals surface area contributed by atoms with Crippen molar-refractivity contribution in [1.82, 2.24) is 0 Å². The van der Waals surface area contributed by atoms with Gasteiger partial charge in [0.25, 0.3) is 0 Å². The Morgan fingerprint density at radius 2 is 1.66 bits per heavy atom. The molecule has 0 bridgehead atoms. The summed E-state index contributed by atoms with van der Waals surface area (Å²) in [6.45, 7) is 14.6. The highest BCUT2D eigenvalue weighted by Gasteiger charge is 2.68. The molecule has 0 heterocycles. The molecule has 2 unspecified atom stereocenters. The van der Waals surface area contributed by atoms with Crippen molar-refractivity contribution in [3.8, 4) is 0 Å². The minimum Gasteiger partial charge on any atom is -0.481 e. The van der Waals surface area contributed by atoms with Crippen molar-refractivity contribution in [2.24, 2.45) is 57.2 Å². The van der Waals surface area contributed by atoms with Gasteiger partial charge in [-0.15, -0.1) is 0 Å². The van der Waals surface area contributed by atoms with Crippen LogP contribution in [0.4, 0.5) is 0 Å². The molecule has 5 aliphatic carbocycles. The van der Waals surface area contributed by atoms with Gasteiger partial charge in [0.15, 0.2) is 0 Å². The monoisotopic (exact) mass is 442 g/mol. The molecule has 2 N–H and O–H groups in total. The molecule has 0 aliphatic heterocycles. The molecule has 3 nitrogen and oxygen atoms in total. The van der Waals surface area contributed by atoms with Crippen molar-refractivity contribution in [2.45, 2.75) is 105 Å². The third-order valence-corrected chi connectivity index (χ3v) is 13.0. The number of carboxylic acid groups (broad SMARTS) is 1. The van der Waals surface area contributed by atoms with E-state index in [0.717, 1.165) is 44.9 Å². The van der Waals surface area contributed by atoms with E-state index in [1.165, 1.54) is 18.4 Å². The van der Waals surface area contributed by atoms with Crippen LogP contribution < -0.4 is 0 Å². The van der Waals surface area contributed by atoms with Crippen LogP contribution in [-0.4, -0.2) is 22.3 Å². The van der Waals surface area contributed by atoms with Gasteiger partial charge in [0.05, 0.1) is 11.5 Å². The fraction of sp³-hybridized carbons (Fsp3) is 0.897. The van der Waals surface area contributed by atoms with E-state index in [0.29, 0.717) is 29.6 Å². The minimum absolute atomic E-state index is 0.0954. The maximum Gasteiger partial charge on any atom is 0.310 e. The quantitative estimate of drug-likeness (QED) is 0.444. The predicted molar refractivity (Wildman–Crippen MR) is 128 cm³/mol. The first-order chi connectivity index (χ1) is 14.9. The Bertz CT molecular complexity index is 832. The SMILES string of the molecule is C[C@H]1[C@H](C)CCC2(C(=O)O)CC[C@]3(C)C(=CC[C@@H]4[C@@]5(C)CC[C@H](O)[C@H](C)C5CC[C@]43C)[C@H]12. The van der Waals surface area contributed by atoms with E-state index in [4.69, 9.17) is 0 Å². The third-order valence-electron chi connectivity index (χ3n) is 13.0. The maximum absolute atomic E-state index is 12.8. The maximum atomic E-state index is 12.8. The van der Waals surface area contributed by atoms with Crippen LogP contribution in [0.5, 0.6) is 0 Å². The molecule has 180 valence electrons. The Hall–Kier alpha value is -0.830. The average Bonchev–Trinajstić information content (AvgIpc) is 2.74. The van der Waals surface area contributed by atoms with Crippen molar-refractivity contribution < 1.29 is 15.0 Å². The molecule has 0 amide bonds. The normalized spacial score (nSPS) is 57.3. The second kappa shape index (κ2) is 7.09. The van der Waals surface area contributed by atoms with Crippen molar-refractivity contribution in [3.05, 3.63) is 11.6 Å². The molecule has 0 aromatic heterocycles. The van der Waals surface area contributed by atoms with E-state index in [2.05, 4.69) is 47.6 Å². The second-order valence-corrected chi connectivity index (χ2v) is 13.6. The first-order valence-corrected chi connectivity index (χ1v) is 13.5. The molecule has 5 aliphatic rings. The zero-order valence-electron chi connectivity index (χ0n) is 21.3. The Morgan fingerprint density at radius 1 is 0.938 bits per heavy atom. The molecule has 32 heavy (non-hydrogen) atoms. The molecule has 0 spiro atoms. The van der Waals surface area contributed by atoms with Gasteiger partial charge in [-0.2, -0.15) is 0 Å². The van der Waals surface area contributed by atoms with Gasteiger partial charge in [0.1, 0.15) is 0 Å². The van der Waals surface area contributed by atoms with E-state index < -0.39 is 11.4 Å². The standard InChI is InChI=1S/C29H46O3/c1-17-9-14-29(25(31)32)16-15-27(5)21(24(29)18(17)2)7-8-23-26(4)12-11-22(30)19(3)20(26)10-13-28(23,27)6/h7,17-20,22-24,30H,8-16H2,1-6H3,(H,31,32)/t17-,18+,19-,20?,22+,23-,24+,26+,27-,28-,29?/m1/s1. The Balaban J connectivity index is 1.60. The van der Waals surface area contributed by atoms with Gasteiger partial charge in [-0.25, -0.2) is 0 Å². The van der Waals surface area contributed by atoms with Crippen LogP contribution in [0, 0.1) is 57.2 Å². The number of carbonyl (C=O) groups is 1. The van der Waals surface area contributed by atoms with Crippen LogP contribution in [0.15, 0.2) is 11.6 Å². The number of hydrogen-bond acceptors (Lipinski definition) is 2. The molecular formula is C29H46O3. The zero-order chi connectivity index (χ0) is 23.3. The van der Waals surface area contributed by atoms with Gasteiger partial charge in [0.2, 0.25) is 0 Å². The van der Waals surface area contributed by atoms with E-state index in [1.807, 2.05) is 0 Å². The number of aliphatic hydroxyl groups is 1. The lowest BCUT2D eigenvalue weighted by Crippen LogP contribution is -2.64. The van der Waals surface area contributed by atoms with Gasteiger partial charge in [-0.3, -0.25) is 4.79 Å². The second-order valence-electron chi connectivity index (χ2n) is 13.6. The van der Waals surface area contributed by atoms with E-state index in [9.17, 15) is 15.0 Å². The van der Waals surface area contributed by atoms with Gasteiger partial charge >= 0.3 is 5.97 Å². The van der Waals surface area contributed by atoms with Crippen LogP contribution in [0.2, 0.25) is 0 Å². The summed E-state index contributed by atoms with van der Waals surface area (Å²) < 4.78 is 0. The van der Waals surface area contributed by atoms with E-state index in [-0.39, 0.29) is 28.3 Å². The van der Waals surface area contributed by atoms with Crippen LogP contribution >= 0.6 is 0 Å². The fourth-order valence-corrected chi connectivity index (χ4v) is 10.5. The molecule has 0 saturated heterocycles. The smallest absolute Gasteiger partial charge is 0.310 e. The van der Waals surface area contributed by atoms with Crippen LogP contribution in [0.1, 0.15) is 99.3 Å². The summed E-state index contributed by atoms with van der Waals surface area (Å²) >= 11 is 0. The van der Waals surface area contributed by atoms with Crippen molar-refractivity contribution in [2.75, 3.05) is 0 Å². The van der Waals surface area contributed by atoms with E-state index >= 15 is 0 Å². The average molecular weight is 443 g/mol. The number of hydrogen-bond donors (Lipinski definition) is 2. The van der Waals surface area contributed by atoms with Crippen LogP contribution in [0.25, 0.3) is 0 Å². The van der Waals surface area contributed by atoms with Gasteiger partial charge in [-0.05, 0) is 110 Å². The summed E-state index contributed by atoms with van der Waals surface area (Å²) in [6.07, 6.45) is 11.8. The highest BCUT2D eigenvalue weighted by atomic mass is 16.4. The number of fused-ring (bicyclic) bond motifs is 7. The van der Waals surface area contributed by atoms with Crippen molar-refractivity contribution >= 4 is 5.97 Å². The lowest BCUT2D eigenvalue weighted by molar-refractivity contribution is -0.189. The number of aliphatic hydroxyl groups excluding tert-OH is 1. The summed E-state index contributed by atoms with van der Waals surface area (Å²) in [4.78, 5) is 12.8. The highest BCUT2D eigenvalue weighted by Crippen LogP contribution is 2.74. The Kier molecular flexibility index (Phi) is 5.08. The topological polar surface area (TPSA) is 57.5 Å². The van der Waals surface area contributed by atoms with Crippen molar-refractivity contribution in [3.63, 3.8) is 0 Å². The third kappa shape index (κ3) is 2.61. The fourth-order valence-electron chi connectivity index (χ4n) is 10.5. The lowest BCUT2D eigenvalue weighted by Gasteiger charge is -2.70. The zero-order valence-corrected chi connectivity index (χ0v) is 21.3. The molecule has 4 saturated carbocycles.